The summed E-state index contributed by atoms with van der Waals surface area (Å²) in [5.41, 5.74) is -0.491. The minimum Gasteiger partial charge on any atom is -0.465 e. The molecule has 0 aromatic heterocycles. The zero-order valence-electron chi connectivity index (χ0n) is 34.8. The van der Waals surface area contributed by atoms with E-state index < -0.39 is 5.41 Å². The van der Waals surface area contributed by atoms with Gasteiger partial charge in [-0.25, -0.2) is 0 Å². The van der Waals surface area contributed by atoms with Crippen molar-refractivity contribution >= 4 is 5.97 Å². The van der Waals surface area contributed by atoms with Crippen molar-refractivity contribution in [2.75, 3.05) is 27.2 Å². The van der Waals surface area contributed by atoms with E-state index in [-0.39, 0.29) is 11.9 Å². The fourth-order valence-corrected chi connectivity index (χ4v) is 7.62. The van der Waals surface area contributed by atoms with Gasteiger partial charge < -0.3 is 9.64 Å². The molecule has 3 heteroatoms. The van der Waals surface area contributed by atoms with E-state index in [2.05, 4.69) is 81.5 Å². The summed E-state index contributed by atoms with van der Waals surface area (Å²) in [7, 11) is 4.16. The average Bonchev–Trinajstić information content (AvgIpc) is 3.13. The first-order valence-corrected chi connectivity index (χ1v) is 22.5. The number of unbranched alkanes of at least 4 members (excludes halogenated alkanes) is 24. The molecule has 51 heavy (non-hydrogen) atoms. The normalized spacial score (nSPS) is 17.5. The molecule has 0 aliphatic heterocycles. The molecule has 1 aliphatic rings. The lowest BCUT2D eigenvalue weighted by Gasteiger charge is -2.37. The van der Waals surface area contributed by atoms with Crippen molar-refractivity contribution in [3.63, 3.8) is 0 Å². The minimum atomic E-state index is -0.491. The lowest BCUT2D eigenvalue weighted by atomic mass is 9.67. The highest BCUT2D eigenvalue weighted by Gasteiger charge is 2.43. The second-order valence-corrected chi connectivity index (χ2v) is 16.1. The van der Waals surface area contributed by atoms with Crippen LogP contribution in [0.1, 0.15) is 213 Å². The highest BCUT2D eigenvalue weighted by molar-refractivity contribution is 5.80. The smallest absolute Gasteiger partial charge is 0.316 e. The monoisotopic (exact) mass is 710 g/mol. The van der Waals surface area contributed by atoms with E-state index in [9.17, 15) is 4.79 Å². The van der Waals surface area contributed by atoms with E-state index in [0.717, 1.165) is 32.2 Å². The number of esters is 1. The van der Waals surface area contributed by atoms with Gasteiger partial charge in [-0.15, -0.1) is 0 Å². The minimum absolute atomic E-state index is 0.0177. The van der Waals surface area contributed by atoms with E-state index in [1.807, 2.05) is 0 Å². The van der Waals surface area contributed by atoms with Gasteiger partial charge in [0, 0.05) is 6.54 Å². The van der Waals surface area contributed by atoms with Gasteiger partial charge in [0.25, 0.3) is 0 Å². The number of ether oxygens (including phenoxy) is 1. The quantitative estimate of drug-likeness (QED) is 0.0365. The zero-order valence-corrected chi connectivity index (χ0v) is 34.8. The molecule has 0 fully saturated rings. The topological polar surface area (TPSA) is 29.5 Å². The highest BCUT2D eigenvalue weighted by atomic mass is 16.5. The van der Waals surface area contributed by atoms with Gasteiger partial charge >= 0.3 is 5.97 Å². The van der Waals surface area contributed by atoms with Crippen molar-refractivity contribution in [2.45, 2.75) is 213 Å². The summed E-state index contributed by atoms with van der Waals surface area (Å²) in [4.78, 5) is 16.0. The Labute approximate surface area is 319 Å². The van der Waals surface area contributed by atoms with Crippen LogP contribution in [0.25, 0.3) is 0 Å². The predicted octanol–water partition coefficient (Wildman–Crippen LogP) is 15.1. The molecule has 0 heterocycles. The lowest BCUT2D eigenvalue weighted by Crippen LogP contribution is -2.39. The van der Waals surface area contributed by atoms with Crippen molar-refractivity contribution in [3.8, 4) is 0 Å². The van der Waals surface area contributed by atoms with E-state index >= 15 is 0 Å². The molecule has 0 amide bonds. The number of carbonyl (C=O) groups is 1. The molecule has 0 spiro atoms. The fraction of sp³-hybridized carbons (Fsp3) is 0.812. The molecule has 2 atom stereocenters. The fourth-order valence-electron chi connectivity index (χ4n) is 7.62. The molecule has 0 N–H and O–H groups in total. The summed E-state index contributed by atoms with van der Waals surface area (Å²) < 4.78 is 6.02. The summed E-state index contributed by atoms with van der Waals surface area (Å²) in [5, 5.41) is 0. The van der Waals surface area contributed by atoms with Crippen LogP contribution in [-0.2, 0) is 9.53 Å². The standard InChI is InChI=1S/C48H87NO2/c1-5-7-9-11-13-15-17-19-21-23-25-27-29-31-33-35-40-46-41-36-38-43-48(46,47(50)51-45-39-44-49(3)4)42-37-34-32-30-28-26-24-22-20-18-16-14-12-10-8-6-2/h19-22,36,38,41,43,46H,5-18,23-35,37,39-40,42,44-45H2,1-4H3/b21-19-,22-20-. The van der Waals surface area contributed by atoms with Crippen LogP contribution in [0.2, 0.25) is 0 Å². The third-order valence-corrected chi connectivity index (χ3v) is 11.0. The van der Waals surface area contributed by atoms with Gasteiger partial charge in [0.05, 0.1) is 12.0 Å². The number of allylic oxidation sites excluding steroid dienone is 7. The Morgan fingerprint density at radius 2 is 1.00 bits per heavy atom. The molecular weight excluding hydrogens is 623 g/mol. The first kappa shape index (κ1) is 47.4. The highest BCUT2D eigenvalue weighted by Crippen LogP contribution is 2.43. The number of rotatable bonds is 37. The van der Waals surface area contributed by atoms with E-state index in [1.165, 1.54) is 173 Å². The van der Waals surface area contributed by atoms with Crippen LogP contribution in [0.5, 0.6) is 0 Å². The van der Waals surface area contributed by atoms with Crippen molar-refractivity contribution in [3.05, 3.63) is 48.6 Å². The molecule has 3 nitrogen and oxygen atoms in total. The van der Waals surface area contributed by atoms with Crippen molar-refractivity contribution < 1.29 is 9.53 Å². The maximum Gasteiger partial charge on any atom is 0.316 e. The van der Waals surface area contributed by atoms with Crippen molar-refractivity contribution in [2.24, 2.45) is 11.3 Å². The summed E-state index contributed by atoms with van der Waals surface area (Å²) in [6.45, 7) is 6.04. The number of nitrogens with zero attached hydrogens (tertiary/aromatic N) is 1. The maximum absolute atomic E-state index is 13.8. The van der Waals surface area contributed by atoms with E-state index in [4.69, 9.17) is 4.74 Å². The van der Waals surface area contributed by atoms with Crippen LogP contribution in [-0.4, -0.2) is 38.1 Å². The van der Waals surface area contributed by atoms with Gasteiger partial charge in [-0.05, 0) is 90.6 Å². The molecule has 1 aliphatic carbocycles. The van der Waals surface area contributed by atoms with E-state index in [1.54, 1.807) is 0 Å². The van der Waals surface area contributed by atoms with Crippen LogP contribution in [0, 0.1) is 11.3 Å². The summed E-state index contributed by atoms with van der Waals surface area (Å²) in [5.74, 6) is 0.271. The number of hydrogen-bond acceptors (Lipinski definition) is 3. The van der Waals surface area contributed by atoms with Crippen LogP contribution in [0.4, 0.5) is 0 Å². The maximum atomic E-state index is 13.8. The molecule has 0 bridgehead atoms. The Morgan fingerprint density at radius 1 is 0.569 bits per heavy atom. The van der Waals surface area contributed by atoms with Crippen molar-refractivity contribution in [1.82, 2.24) is 4.90 Å². The summed E-state index contributed by atoms with van der Waals surface area (Å²) in [6.07, 6.45) is 58.3. The summed E-state index contributed by atoms with van der Waals surface area (Å²) >= 11 is 0. The molecule has 0 saturated heterocycles. The van der Waals surface area contributed by atoms with Crippen LogP contribution in [0.15, 0.2) is 48.6 Å². The molecule has 296 valence electrons. The number of carbonyl (C=O) groups excluding carboxylic acids is 1. The predicted molar refractivity (Wildman–Crippen MR) is 226 cm³/mol. The number of hydrogen-bond donors (Lipinski definition) is 0. The average molecular weight is 710 g/mol. The second kappa shape index (κ2) is 35.4. The first-order chi connectivity index (χ1) is 25.1. The zero-order chi connectivity index (χ0) is 36.9. The lowest BCUT2D eigenvalue weighted by molar-refractivity contribution is -0.156. The molecular formula is C48H87NO2. The Bertz CT molecular complexity index is 886. The van der Waals surface area contributed by atoms with Gasteiger partial charge in [-0.1, -0.05) is 191 Å². The Kier molecular flexibility index (Phi) is 32.9. The Morgan fingerprint density at radius 3 is 1.47 bits per heavy atom. The first-order valence-electron chi connectivity index (χ1n) is 22.5. The van der Waals surface area contributed by atoms with Gasteiger partial charge in [-0.3, -0.25) is 4.79 Å². The molecule has 2 unspecified atom stereocenters. The Hall–Kier alpha value is -1.61. The van der Waals surface area contributed by atoms with E-state index in [0.29, 0.717) is 6.61 Å². The van der Waals surface area contributed by atoms with Crippen molar-refractivity contribution in [1.29, 1.82) is 0 Å². The molecule has 0 saturated carbocycles. The van der Waals surface area contributed by atoms with Crippen LogP contribution < -0.4 is 0 Å². The van der Waals surface area contributed by atoms with Crippen LogP contribution in [0.3, 0.4) is 0 Å². The van der Waals surface area contributed by atoms with Crippen LogP contribution >= 0.6 is 0 Å². The Balaban J connectivity index is 2.36. The molecule has 0 aromatic rings. The van der Waals surface area contributed by atoms with Gasteiger partial charge in [0.15, 0.2) is 0 Å². The summed E-state index contributed by atoms with van der Waals surface area (Å²) in [6, 6.07) is 0. The molecule has 0 aromatic carbocycles. The third-order valence-electron chi connectivity index (χ3n) is 11.0. The van der Waals surface area contributed by atoms with Gasteiger partial charge in [0.2, 0.25) is 0 Å². The van der Waals surface area contributed by atoms with Gasteiger partial charge in [0.1, 0.15) is 0 Å². The second-order valence-electron chi connectivity index (χ2n) is 16.1. The largest absolute Gasteiger partial charge is 0.465 e. The molecule has 0 radical (unpaired) electrons. The van der Waals surface area contributed by atoms with Gasteiger partial charge in [-0.2, -0.15) is 0 Å². The molecule has 1 rings (SSSR count). The SMILES string of the molecule is CCCCCCCC/C=C\CCCCCCCCC1C=CC=CC1(CCCCCCCC/C=C\CCCCCCCC)C(=O)OCCCN(C)C. The third kappa shape index (κ3) is 26.8.